The molecule has 1 aromatic carbocycles. The molecule has 1 unspecified atom stereocenters. The van der Waals surface area contributed by atoms with Crippen molar-refractivity contribution in [3.63, 3.8) is 0 Å². The highest BCUT2D eigenvalue weighted by atomic mass is 32.2. The molecule has 1 heterocycles. The number of benzene rings is 1. The Morgan fingerprint density at radius 1 is 1.37 bits per heavy atom. The molecule has 1 atom stereocenters. The summed E-state index contributed by atoms with van der Waals surface area (Å²) in [6, 6.07) is 4.81. The van der Waals surface area contributed by atoms with Gasteiger partial charge in [-0.25, -0.2) is 8.42 Å². The molecule has 2 rings (SSSR count). The zero-order valence-electron chi connectivity index (χ0n) is 10.8. The summed E-state index contributed by atoms with van der Waals surface area (Å²) in [5, 5.41) is 5.78. The first kappa shape index (κ1) is 13.7. The molecule has 0 aromatic heterocycles. The number of para-hydroxylation sites is 1. The first-order chi connectivity index (χ1) is 8.90. The Kier molecular flexibility index (Phi) is 3.66. The fourth-order valence-electron chi connectivity index (χ4n) is 1.95. The van der Waals surface area contributed by atoms with Gasteiger partial charge in [0.15, 0.2) is 0 Å². The Morgan fingerprint density at radius 2 is 2.11 bits per heavy atom. The summed E-state index contributed by atoms with van der Waals surface area (Å²) in [4.78, 5) is 11.9. The van der Waals surface area contributed by atoms with Crippen LogP contribution >= 0.6 is 0 Å². The SMILES string of the molecule is COc1cccc2c1NC(=O)C(CCS(C)(=O)=O)N2. The van der Waals surface area contributed by atoms with Gasteiger partial charge in [-0.15, -0.1) is 0 Å². The highest BCUT2D eigenvalue weighted by molar-refractivity contribution is 7.90. The third kappa shape index (κ3) is 3.17. The molecule has 1 aromatic rings. The van der Waals surface area contributed by atoms with Crippen LogP contribution < -0.4 is 15.4 Å². The van der Waals surface area contributed by atoms with Crippen molar-refractivity contribution in [2.24, 2.45) is 0 Å². The molecule has 0 spiro atoms. The van der Waals surface area contributed by atoms with E-state index in [1.54, 1.807) is 12.1 Å². The van der Waals surface area contributed by atoms with Gasteiger partial charge in [0.1, 0.15) is 27.3 Å². The van der Waals surface area contributed by atoms with E-state index in [1.807, 2.05) is 6.07 Å². The van der Waals surface area contributed by atoms with E-state index >= 15 is 0 Å². The van der Waals surface area contributed by atoms with E-state index in [0.29, 0.717) is 11.4 Å². The summed E-state index contributed by atoms with van der Waals surface area (Å²) in [5.74, 6) is 0.290. The number of ether oxygens (including phenoxy) is 1. The monoisotopic (exact) mass is 284 g/mol. The van der Waals surface area contributed by atoms with Crippen LogP contribution in [0.15, 0.2) is 18.2 Å². The molecule has 1 amide bonds. The molecular weight excluding hydrogens is 268 g/mol. The number of nitrogens with one attached hydrogen (secondary N) is 2. The Hall–Kier alpha value is -1.76. The predicted molar refractivity (Wildman–Crippen MR) is 73.4 cm³/mol. The second-order valence-electron chi connectivity index (χ2n) is 4.49. The first-order valence-corrected chi connectivity index (χ1v) is 7.89. The van der Waals surface area contributed by atoms with Gasteiger partial charge in [-0.3, -0.25) is 4.79 Å². The largest absolute Gasteiger partial charge is 0.494 e. The molecule has 1 aliphatic heterocycles. The maximum atomic E-state index is 11.9. The van der Waals surface area contributed by atoms with E-state index in [0.717, 1.165) is 11.9 Å². The number of sulfone groups is 1. The Bertz CT molecular complexity index is 598. The molecule has 6 nitrogen and oxygen atoms in total. The van der Waals surface area contributed by atoms with Crippen LogP contribution in [-0.2, 0) is 14.6 Å². The molecular formula is C12H16N2O4S. The molecule has 7 heteroatoms. The van der Waals surface area contributed by atoms with Crippen LogP contribution in [-0.4, -0.2) is 39.5 Å². The summed E-state index contributed by atoms with van der Waals surface area (Å²) in [7, 11) is -1.56. The Morgan fingerprint density at radius 3 is 2.74 bits per heavy atom. The fourth-order valence-corrected chi connectivity index (χ4v) is 2.61. The van der Waals surface area contributed by atoms with Crippen LogP contribution in [0.25, 0.3) is 0 Å². The molecule has 0 aliphatic carbocycles. The van der Waals surface area contributed by atoms with Gasteiger partial charge in [0.05, 0.1) is 18.6 Å². The van der Waals surface area contributed by atoms with Crippen LogP contribution in [0.5, 0.6) is 5.75 Å². The van der Waals surface area contributed by atoms with Crippen molar-refractivity contribution in [3.05, 3.63) is 18.2 Å². The normalized spacial score (nSPS) is 18.2. The van der Waals surface area contributed by atoms with Crippen LogP contribution in [0.2, 0.25) is 0 Å². The predicted octanol–water partition coefficient (Wildman–Crippen LogP) is 0.862. The van der Waals surface area contributed by atoms with E-state index in [1.165, 1.54) is 7.11 Å². The summed E-state index contributed by atoms with van der Waals surface area (Å²) < 4.78 is 27.5. The number of hydrogen-bond donors (Lipinski definition) is 2. The standard InChI is InChI=1S/C12H16N2O4S/c1-18-10-5-3-4-8-11(10)14-12(15)9(13-8)6-7-19(2,16)17/h3-5,9,13H,6-7H2,1-2H3,(H,14,15). The van der Waals surface area contributed by atoms with Gasteiger partial charge in [-0.1, -0.05) is 6.07 Å². The second kappa shape index (κ2) is 5.08. The van der Waals surface area contributed by atoms with Gasteiger partial charge in [0, 0.05) is 6.26 Å². The van der Waals surface area contributed by atoms with Crippen molar-refractivity contribution in [1.82, 2.24) is 0 Å². The lowest BCUT2D eigenvalue weighted by atomic mass is 10.1. The molecule has 0 fully saturated rings. The van der Waals surface area contributed by atoms with Crippen LogP contribution in [0.3, 0.4) is 0 Å². The van der Waals surface area contributed by atoms with Gasteiger partial charge in [-0.05, 0) is 18.6 Å². The molecule has 0 saturated carbocycles. The van der Waals surface area contributed by atoms with E-state index in [9.17, 15) is 13.2 Å². The van der Waals surface area contributed by atoms with Crippen LogP contribution in [0, 0.1) is 0 Å². The van der Waals surface area contributed by atoms with E-state index < -0.39 is 15.9 Å². The topological polar surface area (TPSA) is 84.5 Å². The molecule has 104 valence electrons. The van der Waals surface area contributed by atoms with Crippen molar-refractivity contribution in [3.8, 4) is 5.75 Å². The van der Waals surface area contributed by atoms with Crippen molar-refractivity contribution in [1.29, 1.82) is 0 Å². The summed E-state index contributed by atoms with van der Waals surface area (Å²) >= 11 is 0. The van der Waals surface area contributed by atoms with E-state index in [2.05, 4.69) is 10.6 Å². The number of rotatable bonds is 4. The van der Waals surface area contributed by atoms with Crippen molar-refractivity contribution in [2.75, 3.05) is 29.8 Å². The van der Waals surface area contributed by atoms with Gasteiger partial charge in [-0.2, -0.15) is 0 Å². The lowest BCUT2D eigenvalue weighted by molar-refractivity contribution is -0.117. The summed E-state index contributed by atoms with van der Waals surface area (Å²) in [6.07, 6.45) is 1.39. The molecule has 19 heavy (non-hydrogen) atoms. The fraction of sp³-hybridized carbons (Fsp3) is 0.417. The zero-order chi connectivity index (χ0) is 14.0. The first-order valence-electron chi connectivity index (χ1n) is 5.83. The number of methoxy groups -OCH3 is 1. The van der Waals surface area contributed by atoms with Gasteiger partial charge in [0.25, 0.3) is 0 Å². The molecule has 1 aliphatic rings. The van der Waals surface area contributed by atoms with Crippen molar-refractivity contribution < 1.29 is 17.9 Å². The van der Waals surface area contributed by atoms with Gasteiger partial charge < -0.3 is 15.4 Å². The molecule has 0 bridgehead atoms. The Balaban J connectivity index is 2.18. The van der Waals surface area contributed by atoms with Gasteiger partial charge in [0.2, 0.25) is 5.91 Å². The minimum Gasteiger partial charge on any atom is -0.494 e. The number of fused-ring (bicyclic) bond motifs is 1. The van der Waals surface area contributed by atoms with Crippen LogP contribution in [0.1, 0.15) is 6.42 Å². The maximum absolute atomic E-state index is 11.9. The molecule has 0 radical (unpaired) electrons. The lowest BCUT2D eigenvalue weighted by Crippen LogP contribution is -2.40. The minimum absolute atomic E-state index is 0.0304. The van der Waals surface area contributed by atoms with Crippen LogP contribution in [0.4, 0.5) is 11.4 Å². The summed E-state index contributed by atoms with van der Waals surface area (Å²) in [5.41, 5.74) is 1.32. The second-order valence-corrected chi connectivity index (χ2v) is 6.75. The van der Waals surface area contributed by atoms with E-state index in [-0.39, 0.29) is 18.1 Å². The number of carbonyl (C=O) groups excluding carboxylic acids is 1. The van der Waals surface area contributed by atoms with Gasteiger partial charge >= 0.3 is 0 Å². The average Bonchev–Trinajstić information content (AvgIpc) is 2.34. The number of hydrogen-bond acceptors (Lipinski definition) is 5. The smallest absolute Gasteiger partial charge is 0.247 e. The van der Waals surface area contributed by atoms with Crippen molar-refractivity contribution in [2.45, 2.75) is 12.5 Å². The molecule has 2 N–H and O–H groups in total. The zero-order valence-corrected chi connectivity index (χ0v) is 11.6. The number of carbonyl (C=O) groups is 1. The average molecular weight is 284 g/mol. The summed E-state index contributed by atoms with van der Waals surface area (Å²) in [6.45, 7) is 0. The lowest BCUT2D eigenvalue weighted by Gasteiger charge is -2.27. The third-order valence-electron chi connectivity index (χ3n) is 2.92. The Labute approximate surface area is 112 Å². The number of amides is 1. The van der Waals surface area contributed by atoms with E-state index in [4.69, 9.17) is 4.74 Å². The third-order valence-corrected chi connectivity index (χ3v) is 3.90. The highest BCUT2D eigenvalue weighted by Gasteiger charge is 2.27. The highest BCUT2D eigenvalue weighted by Crippen LogP contribution is 2.35. The maximum Gasteiger partial charge on any atom is 0.247 e. The molecule has 0 saturated heterocycles. The van der Waals surface area contributed by atoms with Crippen molar-refractivity contribution >= 4 is 27.1 Å². The number of anilines is 2. The quantitative estimate of drug-likeness (QED) is 0.856. The minimum atomic E-state index is -3.08.